The third-order valence-electron chi connectivity index (χ3n) is 1.63. The van der Waals surface area contributed by atoms with Gasteiger partial charge in [0.2, 0.25) is 5.91 Å². The van der Waals surface area contributed by atoms with Gasteiger partial charge < -0.3 is 15.2 Å². The van der Waals surface area contributed by atoms with E-state index in [2.05, 4.69) is 11.9 Å². The van der Waals surface area contributed by atoms with Gasteiger partial charge in [0, 0.05) is 11.8 Å². The fourth-order valence-electron chi connectivity index (χ4n) is 0.961. The van der Waals surface area contributed by atoms with Crippen molar-refractivity contribution in [1.29, 1.82) is 0 Å². The fraction of sp³-hybridized carbons (Fsp3) is 0.100. The molecule has 1 aromatic rings. The second-order valence-electron chi connectivity index (χ2n) is 2.58. The maximum absolute atomic E-state index is 10.9. The minimum atomic E-state index is -0.324. The van der Waals surface area contributed by atoms with Crippen LogP contribution in [0.2, 0.25) is 0 Å². The standard InChI is InChI=1S/C10H11NO3/c1-3-10(13)11-7-4-5-9(14-2)8(12)6-7/h3-6,12H,1H2,2H3,(H,11,13). The molecule has 4 heteroatoms. The zero-order chi connectivity index (χ0) is 10.6. The average molecular weight is 193 g/mol. The first-order valence-corrected chi connectivity index (χ1v) is 3.98. The van der Waals surface area contributed by atoms with Crippen LogP contribution in [0.4, 0.5) is 5.69 Å². The van der Waals surface area contributed by atoms with Crippen LogP contribution in [0.1, 0.15) is 0 Å². The number of nitrogens with one attached hydrogen (secondary N) is 1. The van der Waals surface area contributed by atoms with Crippen molar-refractivity contribution < 1.29 is 14.6 Å². The predicted octanol–water partition coefficient (Wildman–Crippen LogP) is 1.53. The van der Waals surface area contributed by atoms with Crippen LogP contribution in [-0.4, -0.2) is 18.1 Å². The number of hydrogen-bond donors (Lipinski definition) is 2. The maximum atomic E-state index is 10.9. The Hall–Kier alpha value is -1.97. The summed E-state index contributed by atoms with van der Waals surface area (Å²) in [6.07, 6.45) is 1.15. The topological polar surface area (TPSA) is 58.6 Å². The molecule has 0 heterocycles. The van der Waals surface area contributed by atoms with E-state index in [1.807, 2.05) is 0 Å². The van der Waals surface area contributed by atoms with Crippen molar-refractivity contribution in [3.05, 3.63) is 30.9 Å². The monoisotopic (exact) mass is 193 g/mol. The lowest BCUT2D eigenvalue weighted by molar-refractivity contribution is -0.111. The zero-order valence-electron chi connectivity index (χ0n) is 7.78. The number of carbonyl (C=O) groups is 1. The molecule has 0 aromatic heterocycles. The van der Waals surface area contributed by atoms with Crippen LogP contribution in [0.3, 0.4) is 0 Å². The molecule has 0 atom stereocenters. The molecule has 0 bridgehead atoms. The number of ether oxygens (including phenoxy) is 1. The van der Waals surface area contributed by atoms with Crippen LogP contribution in [0.5, 0.6) is 11.5 Å². The van der Waals surface area contributed by atoms with Gasteiger partial charge in [-0.25, -0.2) is 0 Å². The summed E-state index contributed by atoms with van der Waals surface area (Å²) in [5.41, 5.74) is 0.494. The largest absolute Gasteiger partial charge is 0.504 e. The number of phenolic OH excluding ortho intramolecular Hbond substituents is 1. The number of phenols is 1. The summed E-state index contributed by atoms with van der Waals surface area (Å²) in [7, 11) is 1.46. The molecule has 0 saturated heterocycles. The molecule has 0 fully saturated rings. The van der Waals surface area contributed by atoms with Crippen LogP contribution >= 0.6 is 0 Å². The van der Waals surface area contributed by atoms with Gasteiger partial charge in [0.15, 0.2) is 11.5 Å². The van der Waals surface area contributed by atoms with Crippen molar-refractivity contribution in [3.63, 3.8) is 0 Å². The summed E-state index contributed by atoms with van der Waals surface area (Å²) in [4.78, 5) is 10.9. The summed E-state index contributed by atoms with van der Waals surface area (Å²) in [6, 6.07) is 4.59. The van der Waals surface area contributed by atoms with Crippen molar-refractivity contribution >= 4 is 11.6 Å². The number of aromatic hydroxyl groups is 1. The lowest BCUT2D eigenvalue weighted by Crippen LogP contribution is -2.06. The van der Waals surface area contributed by atoms with E-state index in [4.69, 9.17) is 4.74 Å². The van der Waals surface area contributed by atoms with E-state index in [1.165, 1.54) is 13.2 Å². The molecule has 0 aliphatic rings. The molecule has 2 N–H and O–H groups in total. The molecule has 0 unspecified atom stereocenters. The molecular formula is C10H11NO3. The van der Waals surface area contributed by atoms with Crippen molar-refractivity contribution in [2.24, 2.45) is 0 Å². The Balaban J connectivity index is 2.86. The van der Waals surface area contributed by atoms with Crippen molar-refractivity contribution in [2.75, 3.05) is 12.4 Å². The average Bonchev–Trinajstić information content (AvgIpc) is 2.18. The summed E-state index contributed by atoms with van der Waals surface area (Å²) in [5.74, 6) is 0.0190. The lowest BCUT2D eigenvalue weighted by atomic mass is 10.2. The summed E-state index contributed by atoms with van der Waals surface area (Å²) < 4.78 is 4.85. The zero-order valence-corrected chi connectivity index (χ0v) is 7.78. The summed E-state index contributed by atoms with van der Waals surface area (Å²) in [6.45, 7) is 3.31. The minimum Gasteiger partial charge on any atom is -0.504 e. The van der Waals surface area contributed by atoms with Gasteiger partial charge in [0.1, 0.15) is 0 Å². The van der Waals surface area contributed by atoms with Gasteiger partial charge in [-0.05, 0) is 18.2 Å². The summed E-state index contributed by atoms with van der Waals surface area (Å²) >= 11 is 0. The van der Waals surface area contributed by atoms with Crippen LogP contribution in [-0.2, 0) is 4.79 Å². The molecule has 4 nitrogen and oxygen atoms in total. The molecule has 0 spiro atoms. The van der Waals surface area contributed by atoms with E-state index in [9.17, 15) is 9.90 Å². The van der Waals surface area contributed by atoms with Crippen LogP contribution in [0.15, 0.2) is 30.9 Å². The highest BCUT2D eigenvalue weighted by molar-refractivity contribution is 5.99. The lowest BCUT2D eigenvalue weighted by Gasteiger charge is -2.06. The first-order chi connectivity index (χ1) is 6.67. The van der Waals surface area contributed by atoms with Gasteiger partial charge in [-0.2, -0.15) is 0 Å². The molecule has 14 heavy (non-hydrogen) atoms. The van der Waals surface area contributed by atoms with E-state index in [1.54, 1.807) is 12.1 Å². The normalized spacial score (nSPS) is 9.21. The van der Waals surface area contributed by atoms with Gasteiger partial charge >= 0.3 is 0 Å². The number of carbonyl (C=O) groups excluding carboxylic acids is 1. The number of amides is 1. The first-order valence-electron chi connectivity index (χ1n) is 3.98. The Morgan fingerprint density at radius 1 is 1.64 bits per heavy atom. The molecular weight excluding hydrogens is 182 g/mol. The number of hydrogen-bond acceptors (Lipinski definition) is 3. The molecule has 0 saturated carbocycles. The van der Waals surface area contributed by atoms with E-state index in [0.29, 0.717) is 11.4 Å². The second-order valence-corrected chi connectivity index (χ2v) is 2.58. The molecule has 0 radical (unpaired) electrons. The minimum absolute atomic E-state index is 0.0191. The summed E-state index contributed by atoms with van der Waals surface area (Å²) in [5, 5.41) is 11.9. The van der Waals surface area contributed by atoms with E-state index in [0.717, 1.165) is 6.08 Å². The first kappa shape index (κ1) is 10.1. The van der Waals surface area contributed by atoms with Crippen LogP contribution < -0.4 is 10.1 Å². The number of benzene rings is 1. The fourth-order valence-corrected chi connectivity index (χ4v) is 0.961. The van der Waals surface area contributed by atoms with Crippen LogP contribution in [0, 0.1) is 0 Å². The third kappa shape index (κ3) is 2.26. The van der Waals surface area contributed by atoms with Crippen molar-refractivity contribution in [2.45, 2.75) is 0 Å². The molecule has 1 rings (SSSR count). The molecule has 1 aromatic carbocycles. The van der Waals surface area contributed by atoms with Crippen molar-refractivity contribution in [3.8, 4) is 11.5 Å². The Kier molecular flexibility index (Phi) is 3.12. The van der Waals surface area contributed by atoms with E-state index >= 15 is 0 Å². The van der Waals surface area contributed by atoms with E-state index in [-0.39, 0.29) is 11.7 Å². The molecule has 0 aliphatic carbocycles. The third-order valence-corrected chi connectivity index (χ3v) is 1.63. The smallest absolute Gasteiger partial charge is 0.247 e. The van der Waals surface area contributed by atoms with Gasteiger partial charge in [-0.1, -0.05) is 6.58 Å². The predicted molar refractivity (Wildman–Crippen MR) is 53.5 cm³/mol. The van der Waals surface area contributed by atoms with E-state index < -0.39 is 0 Å². The maximum Gasteiger partial charge on any atom is 0.247 e. The van der Waals surface area contributed by atoms with Gasteiger partial charge in [0.25, 0.3) is 0 Å². The Morgan fingerprint density at radius 3 is 2.86 bits per heavy atom. The Bertz CT molecular complexity index is 360. The van der Waals surface area contributed by atoms with Crippen LogP contribution in [0.25, 0.3) is 0 Å². The van der Waals surface area contributed by atoms with Gasteiger partial charge in [0.05, 0.1) is 7.11 Å². The highest BCUT2D eigenvalue weighted by Gasteiger charge is 2.03. The molecule has 74 valence electrons. The number of anilines is 1. The Morgan fingerprint density at radius 2 is 2.36 bits per heavy atom. The molecule has 1 amide bonds. The quantitative estimate of drug-likeness (QED) is 0.715. The Labute approximate surface area is 81.8 Å². The van der Waals surface area contributed by atoms with Gasteiger partial charge in [-0.15, -0.1) is 0 Å². The highest BCUT2D eigenvalue weighted by atomic mass is 16.5. The highest BCUT2D eigenvalue weighted by Crippen LogP contribution is 2.28. The second kappa shape index (κ2) is 4.32. The number of rotatable bonds is 3. The van der Waals surface area contributed by atoms with Crippen molar-refractivity contribution in [1.82, 2.24) is 0 Å². The number of methoxy groups -OCH3 is 1. The van der Waals surface area contributed by atoms with Gasteiger partial charge in [-0.3, -0.25) is 4.79 Å². The molecule has 0 aliphatic heterocycles. The SMILES string of the molecule is C=CC(=O)Nc1ccc(OC)c(O)c1.